The SMILES string of the molecule is C=CCCN(CCC)CCCS(=O)(=O)c1cccc(CC)c1.C=Cc1ccc(/C(N)=C/C=N)nc1.CC. The summed E-state index contributed by atoms with van der Waals surface area (Å²) in [4.78, 5) is 6.88. The first-order valence-electron chi connectivity index (χ1n) is 13.0. The molecule has 204 valence electrons. The van der Waals surface area contributed by atoms with Crippen molar-refractivity contribution in [1.82, 2.24) is 9.88 Å². The maximum Gasteiger partial charge on any atom is 0.178 e. The molecule has 6 nitrogen and oxygen atoms in total. The molecule has 0 radical (unpaired) electrons. The Morgan fingerprint density at radius 3 is 2.38 bits per heavy atom. The standard InChI is InChI=1S/C18H29NO2S.C10H11N3.C2H6/c1-4-7-13-19(12-5-2)14-9-15-22(20,21)18-11-8-10-17(6-3)16-18;1-2-8-3-4-10(13-7-8)9(12)5-6-11;1-2/h4,8,10-11,16H,1,5-7,9,12-15H2,2-3H3;2-7,11H,1,12H2;1-2H3/b;9-5-,11-6?;. The van der Waals surface area contributed by atoms with Gasteiger partial charge in [0.05, 0.1) is 22.0 Å². The molecule has 0 bridgehead atoms. The predicted molar refractivity (Wildman–Crippen MR) is 161 cm³/mol. The van der Waals surface area contributed by atoms with E-state index >= 15 is 0 Å². The Morgan fingerprint density at radius 2 is 1.84 bits per heavy atom. The van der Waals surface area contributed by atoms with Crippen molar-refractivity contribution < 1.29 is 8.42 Å². The molecule has 0 fully saturated rings. The second-order valence-corrected chi connectivity index (χ2v) is 10.2. The first-order chi connectivity index (χ1) is 17.8. The van der Waals surface area contributed by atoms with Gasteiger partial charge in [0.1, 0.15) is 0 Å². The monoisotopic (exact) mass is 526 g/mol. The number of hydrogen-bond donors (Lipinski definition) is 2. The largest absolute Gasteiger partial charge is 0.397 e. The third kappa shape index (κ3) is 13.7. The summed E-state index contributed by atoms with van der Waals surface area (Å²) in [7, 11) is -3.17. The zero-order valence-corrected chi connectivity index (χ0v) is 23.9. The van der Waals surface area contributed by atoms with Gasteiger partial charge in [-0.15, -0.1) is 6.58 Å². The lowest BCUT2D eigenvalue weighted by molar-refractivity contribution is 0.280. The Bertz CT molecular complexity index is 1060. The van der Waals surface area contributed by atoms with Gasteiger partial charge in [-0.25, -0.2) is 8.42 Å². The van der Waals surface area contributed by atoms with Crippen LogP contribution in [0.1, 0.15) is 63.8 Å². The van der Waals surface area contributed by atoms with Crippen LogP contribution in [0.3, 0.4) is 0 Å². The number of aryl methyl sites for hydroxylation is 1. The Morgan fingerprint density at radius 1 is 1.11 bits per heavy atom. The van der Waals surface area contributed by atoms with Gasteiger partial charge in [0, 0.05) is 19.0 Å². The van der Waals surface area contributed by atoms with E-state index in [0.717, 1.165) is 56.2 Å². The van der Waals surface area contributed by atoms with E-state index in [0.29, 0.717) is 22.7 Å². The quantitative estimate of drug-likeness (QED) is 0.219. The van der Waals surface area contributed by atoms with Crippen LogP contribution in [0.15, 0.2) is 72.8 Å². The van der Waals surface area contributed by atoms with Gasteiger partial charge in [-0.2, -0.15) is 0 Å². The third-order valence-corrected chi connectivity index (χ3v) is 7.12. The molecule has 1 heterocycles. The first-order valence-corrected chi connectivity index (χ1v) is 14.7. The fourth-order valence-electron chi connectivity index (χ4n) is 3.35. The molecule has 0 spiro atoms. The normalized spacial score (nSPS) is 11.0. The maximum absolute atomic E-state index is 12.4. The minimum Gasteiger partial charge on any atom is -0.397 e. The van der Waals surface area contributed by atoms with Gasteiger partial charge >= 0.3 is 0 Å². The maximum atomic E-state index is 12.4. The van der Waals surface area contributed by atoms with E-state index in [1.165, 1.54) is 6.08 Å². The van der Waals surface area contributed by atoms with E-state index in [4.69, 9.17) is 11.1 Å². The van der Waals surface area contributed by atoms with Crippen LogP contribution in [0.25, 0.3) is 11.8 Å². The molecule has 7 heteroatoms. The van der Waals surface area contributed by atoms with E-state index < -0.39 is 9.84 Å². The Kier molecular flexibility index (Phi) is 18.4. The second-order valence-electron chi connectivity index (χ2n) is 8.06. The molecule has 0 amide bonds. The number of rotatable bonds is 14. The average Bonchev–Trinajstić information content (AvgIpc) is 2.93. The second kappa shape index (κ2) is 20.1. The number of aromatic nitrogens is 1. The van der Waals surface area contributed by atoms with Crippen LogP contribution in [0.4, 0.5) is 0 Å². The highest BCUT2D eigenvalue weighted by Gasteiger charge is 2.15. The molecule has 0 unspecified atom stereocenters. The summed E-state index contributed by atoms with van der Waals surface area (Å²) in [6.45, 7) is 18.3. The van der Waals surface area contributed by atoms with Gasteiger partial charge in [-0.05, 0) is 74.2 Å². The number of allylic oxidation sites excluding steroid dienone is 1. The van der Waals surface area contributed by atoms with Gasteiger partial charge in [-0.3, -0.25) is 4.98 Å². The smallest absolute Gasteiger partial charge is 0.178 e. The Labute approximate surface area is 225 Å². The molecule has 0 aliphatic carbocycles. The minimum atomic E-state index is -3.17. The lowest BCUT2D eigenvalue weighted by Crippen LogP contribution is -2.28. The van der Waals surface area contributed by atoms with Crippen molar-refractivity contribution in [2.24, 2.45) is 5.73 Å². The first kappa shape index (κ1) is 34.0. The fraction of sp³-hybridized carbons (Fsp3) is 0.400. The summed E-state index contributed by atoms with van der Waals surface area (Å²) in [5, 5.41) is 6.84. The molecule has 1 aromatic carbocycles. The number of pyridine rings is 1. The number of nitrogens with two attached hydrogens (primary N) is 1. The summed E-state index contributed by atoms with van der Waals surface area (Å²) in [5.74, 6) is 0.217. The molecule has 37 heavy (non-hydrogen) atoms. The number of benzene rings is 1. The van der Waals surface area contributed by atoms with Crippen molar-refractivity contribution in [3.63, 3.8) is 0 Å². The lowest BCUT2D eigenvalue weighted by atomic mass is 10.2. The number of hydrogen-bond acceptors (Lipinski definition) is 6. The Balaban J connectivity index is 0.000000733. The highest BCUT2D eigenvalue weighted by atomic mass is 32.2. The number of nitrogens with zero attached hydrogens (tertiary/aromatic N) is 2. The van der Waals surface area contributed by atoms with E-state index in [-0.39, 0.29) is 5.75 Å². The van der Waals surface area contributed by atoms with E-state index in [9.17, 15) is 8.42 Å². The molecule has 0 aliphatic heterocycles. The average molecular weight is 527 g/mol. The van der Waals surface area contributed by atoms with Crippen LogP contribution in [0, 0.1) is 5.41 Å². The molecule has 0 atom stereocenters. The number of sulfone groups is 1. The van der Waals surface area contributed by atoms with Gasteiger partial charge in [0.2, 0.25) is 0 Å². The molecular weight excluding hydrogens is 480 g/mol. The van der Waals surface area contributed by atoms with Crippen molar-refractivity contribution in [3.8, 4) is 0 Å². The van der Waals surface area contributed by atoms with Gasteiger partial charge in [0.15, 0.2) is 9.84 Å². The van der Waals surface area contributed by atoms with Crippen LogP contribution < -0.4 is 5.73 Å². The topological polar surface area (TPSA) is 100 Å². The highest BCUT2D eigenvalue weighted by molar-refractivity contribution is 7.91. The summed E-state index contributed by atoms with van der Waals surface area (Å²) in [5.41, 5.74) is 8.80. The van der Waals surface area contributed by atoms with Crippen LogP contribution in [0.2, 0.25) is 0 Å². The van der Waals surface area contributed by atoms with Crippen molar-refractivity contribution in [2.45, 2.75) is 58.3 Å². The minimum absolute atomic E-state index is 0.217. The van der Waals surface area contributed by atoms with Crippen molar-refractivity contribution in [3.05, 3.63) is 84.7 Å². The van der Waals surface area contributed by atoms with E-state index in [1.807, 2.05) is 45.0 Å². The molecule has 3 N–H and O–H groups in total. The molecule has 1 aromatic heterocycles. The highest BCUT2D eigenvalue weighted by Crippen LogP contribution is 2.15. The van der Waals surface area contributed by atoms with Crippen LogP contribution in [-0.4, -0.2) is 49.9 Å². The molecule has 0 saturated heterocycles. The Hall–Kier alpha value is -3.03. The summed E-state index contributed by atoms with van der Waals surface area (Å²) in [6.07, 6.45) is 11.5. The predicted octanol–water partition coefficient (Wildman–Crippen LogP) is 6.40. The van der Waals surface area contributed by atoms with Crippen molar-refractivity contribution >= 4 is 27.8 Å². The zero-order chi connectivity index (χ0) is 28.1. The van der Waals surface area contributed by atoms with Crippen LogP contribution >= 0.6 is 0 Å². The van der Waals surface area contributed by atoms with E-state index in [2.05, 4.69) is 30.0 Å². The van der Waals surface area contributed by atoms with E-state index in [1.54, 1.807) is 30.5 Å². The number of nitrogens with one attached hydrogen (secondary N) is 1. The molecule has 2 rings (SSSR count). The van der Waals surface area contributed by atoms with Gasteiger partial charge in [-0.1, -0.05) is 64.6 Å². The van der Waals surface area contributed by atoms with Crippen LogP contribution in [-0.2, 0) is 16.3 Å². The fourth-order valence-corrected chi connectivity index (χ4v) is 4.71. The molecule has 2 aromatic rings. The molecule has 0 saturated carbocycles. The molecule has 0 aliphatic rings. The summed E-state index contributed by atoms with van der Waals surface area (Å²) in [6, 6.07) is 11.0. The zero-order valence-electron chi connectivity index (χ0n) is 23.1. The summed E-state index contributed by atoms with van der Waals surface area (Å²) < 4.78 is 24.8. The lowest BCUT2D eigenvalue weighted by Gasteiger charge is -2.20. The van der Waals surface area contributed by atoms with Crippen molar-refractivity contribution in [2.75, 3.05) is 25.4 Å². The van der Waals surface area contributed by atoms with Crippen molar-refractivity contribution in [1.29, 1.82) is 5.41 Å². The molecular formula is C30H46N4O2S. The van der Waals surface area contributed by atoms with Gasteiger partial charge in [0.25, 0.3) is 0 Å². The summed E-state index contributed by atoms with van der Waals surface area (Å²) >= 11 is 0. The third-order valence-electron chi connectivity index (χ3n) is 5.32. The van der Waals surface area contributed by atoms with Gasteiger partial charge < -0.3 is 16.0 Å². The van der Waals surface area contributed by atoms with Crippen LogP contribution in [0.5, 0.6) is 0 Å².